The summed E-state index contributed by atoms with van der Waals surface area (Å²) in [5, 5.41) is 1.06. The lowest BCUT2D eigenvalue weighted by Crippen LogP contribution is -2.20. The quantitative estimate of drug-likeness (QED) is 0.713. The molecule has 0 amide bonds. The van der Waals surface area contributed by atoms with Gasteiger partial charge < -0.3 is 4.90 Å². The number of alkyl halides is 1. The second kappa shape index (κ2) is 6.89. The van der Waals surface area contributed by atoms with E-state index < -0.39 is 0 Å². The molecule has 16 heavy (non-hydrogen) atoms. The van der Waals surface area contributed by atoms with Gasteiger partial charge in [0.05, 0.1) is 0 Å². The standard InChI is InChI=1S/C13H19BrFN/c1-11(7-9-14)8-10-16(2)13-5-3-12(15)4-6-13/h3-6,11H,7-10H2,1-2H3. The van der Waals surface area contributed by atoms with Crippen molar-refractivity contribution in [2.24, 2.45) is 5.92 Å². The maximum Gasteiger partial charge on any atom is 0.123 e. The van der Waals surface area contributed by atoms with Gasteiger partial charge in [-0.25, -0.2) is 4.39 Å². The lowest BCUT2D eigenvalue weighted by atomic mass is 10.1. The molecule has 0 heterocycles. The van der Waals surface area contributed by atoms with Crippen LogP contribution in [0.3, 0.4) is 0 Å². The van der Waals surface area contributed by atoms with E-state index in [2.05, 4.69) is 27.8 Å². The van der Waals surface area contributed by atoms with Gasteiger partial charge in [-0.05, 0) is 43.0 Å². The molecule has 1 rings (SSSR count). The van der Waals surface area contributed by atoms with Crippen molar-refractivity contribution in [3.8, 4) is 0 Å². The first-order chi connectivity index (χ1) is 7.63. The van der Waals surface area contributed by atoms with Crippen LogP contribution in [-0.2, 0) is 0 Å². The molecule has 1 unspecified atom stereocenters. The summed E-state index contributed by atoms with van der Waals surface area (Å²) in [6, 6.07) is 6.66. The van der Waals surface area contributed by atoms with Gasteiger partial charge in [0.15, 0.2) is 0 Å². The van der Waals surface area contributed by atoms with E-state index in [-0.39, 0.29) is 5.82 Å². The van der Waals surface area contributed by atoms with Gasteiger partial charge in [0, 0.05) is 24.6 Å². The molecule has 1 aromatic carbocycles. The molecule has 0 aromatic heterocycles. The maximum atomic E-state index is 12.7. The van der Waals surface area contributed by atoms with Crippen molar-refractivity contribution in [2.75, 3.05) is 23.8 Å². The van der Waals surface area contributed by atoms with Crippen LogP contribution in [0.2, 0.25) is 0 Å². The van der Waals surface area contributed by atoms with Gasteiger partial charge in [-0.1, -0.05) is 22.9 Å². The number of rotatable bonds is 6. The number of nitrogens with zero attached hydrogens (tertiary/aromatic N) is 1. The summed E-state index contributed by atoms with van der Waals surface area (Å²) < 4.78 is 12.7. The monoisotopic (exact) mass is 287 g/mol. The summed E-state index contributed by atoms with van der Waals surface area (Å²) >= 11 is 3.45. The summed E-state index contributed by atoms with van der Waals surface area (Å²) in [7, 11) is 2.05. The number of hydrogen-bond acceptors (Lipinski definition) is 1. The molecule has 0 N–H and O–H groups in total. The van der Waals surface area contributed by atoms with Crippen LogP contribution < -0.4 is 4.90 Å². The highest BCUT2D eigenvalue weighted by Gasteiger charge is 2.05. The van der Waals surface area contributed by atoms with E-state index >= 15 is 0 Å². The molecule has 1 aromatic rings. The smallest absolute Gasteiger partial charge is 0.123 e. The fraction of sp³-hybridized carbons (Fsp3) is 0.538. The van der Waals surface area contributed by atoms with Gasteiger partial charge in [-0.2, -0.15) is 0 Å². The van der Waals surface area contributed by atoms with E-state index in [1.54, 1.807) is 0 Å². The normalized spacial score (nSPS) is 12.5. The molecular formula is C13H19BrFN. The van der Waals surface area contributed by atoms with Crippen molar-refractivity contribution in [1.82, 2.24) is 0 Å². The van der Waals surface area contributed by atoms with Gasteiger partial charge in [0.25, 0.3) is 0 Å². The molecular weight excluding hydrogens is 269 g/mol. The van der Waals surface area contributed by atoms with E-state index in [1.807, 2.05) is 19.2 Å². The Labute approximate surface area is 106 Å². The van der Waals surface area contributed by atoms with E-state index in [4.69, 9.17) is 0 Å². The summed E-state index contributed by atoms with van der Waals surface area (Å²) in [6.07, 6.45) is 2.37. The molecule has 1 nitrogen and oxygen atoms in total. The first-order valence-electron chi connectivity index (χ1n) is 5.66. The number of hydrogen-bond donors (Lipinski definition) is 0. The number of benzene rings is 1. The van der Waals surface area contributed by atoms with Crippen LogP contribution in [-0.4, -0.2) is 18.9 Å². The molecule has 0 aliphatic carbocycles. The Balaban J connectivity index is 2.40. The van der Waals surface area contributed by atoms with E-state index in [0.717, 1.165) is 23.5 Å². The lowest BCUT2D eigenvalue weighted by molar-refractivity contribution is 0.523. The van der Waals surface area contributed by atoms with Crippen LogP contribution in [0.5, 0.6) is 0 Å². The molecule has 1 atom stereocenters. The lowest BCUT2D eigenvalue weighted by Gasteiger charge is -2.21. The summed E-state index contributed by atoms with van der Waals surface area (Å²) in [5.74, 6) is 0.548. The zero-order valence-electron chi connectivity index (χ0n) is 9.92. The van der Waals surface area contributed by atoms with Crippen molar-refractivity contribution in [1.29, 1.82) is 0 Å². The third kappa shape index (κ3) is 4.52. The average molecular weight is 288 g/mol. The van der Waals surface area contributed by atoms with Crippen molar-refractivity contribution >= 4 is 21.6 Å². The summed E-state index contributed by atoms with van der Waals surface area (Å²) in [4.78, 5) is 2.17. The van der Waals surface area contributed by atoms with Crippen molar-refractivity contribution in [2.45, 2.75) is 19.8 Å². The van der Waals surface area contributed by atoms with Crippen LogP contribution in [0.25, 0.3) is 0 Å². The molecule has 0 spiro atoms. The van der Waals surface area contributed by atoms with Crippen LogP contribution in [0.1, 0.15) is 19.8 Å². The van der Waals surface area contributed by atoms with Crippen LogP contribution in [0, 0.1) is 11.7 Å². The zero-order chi connectivity index (χ0) is 12.0. The maximum absolute atomic E-state index is 12.7. The highest BCUT2D eigenvalue weighted by Crippen LogP contribution is 2.16. The molecule has 90 valence electrons. The van der Waals surface area contributed by atoms with Crippen molar-refractivity contribution < 1.29 is 4.39 Å². The Morgan fingerprint density at radius 3 is 2.44 bits per heavy atom. The van der Waals surface area contributed by atoms with E-state index in [0.29, 0.717) is 0 Å². The van der Waals surface area contributed by atoms with Gasteiger partial charge >= 0.3 is 0 Å². The predicted octanol–water partition coefficient (Wildman–Crippen LogP) is 4.07. The van der Waals surface area contributed by atoms with Crippen molar-refractivity contribution in [3.63, 3.8) is 0 Å². The molecule has 0 saturated carbocycles. The molecule has 0 radical (unpaired) electrons. The molecule has 0 bridgehead atoms. The summed E-state index contributed by atoms with van der Waals surface area (Å²) in [5.41, 5.74) is 1.08. The number of anilines is 1. The highest BCUT2D eigenvalue weighted by atomic mass is 79.9. The van der Waals surface area contributed by atoms with Gasteiger partial charge in [0.2, 0.25) is 0 Å². The Morgan fingerprint density at radius 2 is 1.88 bits per heavy atom. The molecule has 0 saturated heterocycles. The van der Waals surface area contributed by atoms with Gasteiger partial charge in [-0.3, -0.25) is 0 Å². The van der Waals surface area contributed by atoms with Crippen LogP contribution in [0.4, 0.5) is 10.1 Å². The highest BCUT2D eigenvalue weighted by molar-refractivity contribution is 9.09. The Hall–Kier alpha value is -0.570. The molecule has 0 aliphatic heterocycles. The van der Waals surface area contributed by atoms with Gasteiger partial charge in [-0.15, -0.1) is 0 Å². The van der Waals surface area contributed by atoms with E-state index in [9.17, 15) is 4.39 Å². The third-order valence-electron chi connectivity index (χ3n) is 2.83. The SMILES string of the molecule is CC(CCBr)CCN(C)c1ccc(F)cc1. The van der Waals surface area contributed by atoms with Crippen molar-refractivity contribution in [3.05, 3.63) is 30.1 Å². The van der Waals surface area contributed by atoms with Gasteiger partial charge in [0.1, 0.15) is 5.82 Å². The summed E-state index contributed by atoms with van der Waals surface area (Å²) in [6.45, 7) is 3.28. The third-order valence-corrected chi connectivity index (χ3v) is 3.28. The molecule has 0 fully saturated rings. The second-order valence-corrected chi connectivity index (χ2v) is 5.06. The minimum Gasteiger partial charge on any atom is -0.375 e. The predicted molar refractivity (Wildman–Crippen MR) is 71.9 cm³/mol. The fourth-order valence-electron chi connectivity index (χ4n) is 1.57. The topological polar surface area (TPSA) is 3.24 Å². The largest absolute Gasteiger partial charge is 0.375 e. The Bertz CT molecular complexity index is 299. The zero-order valence-corrected chi connectivity index (χ0v) is 11.5. The first-order valence-corrected chi connectivity index (χ1v) is 6.78. The average Bonchev–Trinajstić information content (AvgIpc) is 2.27. The number of halogens is 2. The van der Waals surface area contributed by atoms with E-state index in [1.165, 1.54) is 25.0 Å². The molecule has 0 aliphatic rings. The second-order valence-electron chi connectivity index (χ2n) is 4.27. The molecule has 3 heteroatoms. The minimum absolute atomic E-state index is 0.176. The van der Waals surface area contributed by atoms with Crippen LogP contribution in [0.15, 0.2) is 24.3 Å². The Morgan fingerprint density at radius 1 is 1.25 bits per heavy atom. The minimum atomic E-state index is -0.176. The fourth-order valence-corrected chi connectivity index (χ4v) is 2.35. The first kappa shape index (κ1) is 13.5. The Kier molecular flexibility index (Phi) is 5.81. The van der Waals surface area contributed by atoms with Crippen LogP contribution >= 0.6 is 15.9 Å².